The summed E-state index contributed by atoms with van der Waals surface area (Å²) in [5.41, 5.74) is 0. The van der Waals surface area contributed by atoms with Gasteiger partial charge in [0.1, 0.15) is 0 Å². The summed E-state index contributed by atoms with van der Waals surface area (Å²) in [4.78, 5) is 0. The summed E-state index contributed by atoms with van der Waals surface area (Å²) in [5.74, 6) is 0.794. The van der Waals surface area contributed by atoms with Gasteiger partial charge >= 0.3 is 0 Å². The lowest BCUT2D eigenvalue weighted by molar-refractivity contribution is 0.342. The average Bonchev–Trinajstić information content (AvgIpc) is 2.33. The largest absolute Gasteiger partial charge is 0.315 e. The standard InChI is InChI=1S/C7H16N2S/c1-3-6-4-8-5-7(6)9(2)10/h6-8,10H,3-5H2,1-2H3. The van der Waals surface area contributed by atoms with Crippen molar-refractivity contribution in [3.8, 4) is 0 Å². The van der Waals surface area contributed by atoms with Crippen molar-refractivity contribution in [1.82, 2.24) is 9.62 Å². The van der Waals surface area contributed by atoms with Crippen LogP contribution in [0.3, 0.4) is 0 Å². The maximum Gasteiger partial charge on any atom is 0.0362 e. The summed E-state index contributed by atoms with van der Waals surface area (Å²) in [6, 6.07) is 0.633. The lowest BCUT2D eigenvalue weighted by Gasteiger charge is -2.22. The van der Waals surface area contributed by atoms with Crippen molar-refractivity contribution in [2.24, 2.45) is 5.92 Å². The molecular weight excluding hydrogens is 144 g/mol. The Balaban J connectivity index is 2.42. The fourth-order valence-electron chi connectivity index (χ4n) is 1.57. The molecule has 0 aromatic carbocycles. The van der Waals surface area contributed by atoms with Gasteiger partial charge in [0.2, 0.25) is 0 Å². The Morgan fingerprint density at radius 1 is 1.60 bits per heavy atom. The van der Waals surface area contributed by atoms with Gasteiger partial charge in [-0.2, -0.15) is 0 Å². The van der Waals surface area contributed by atoms with Crippen molar-refractivity contribution in [2.75, 3.05) is 20.1 Å². The highest BCUT2D eigenvalue weighted by molar-refractivity contribution is 7.77. The van der Waals surface area contributed by atoms with E-state index in [-0.39, 0.29) is 0 Å². The van der Waals surface area contributed by atoms with Crippen LogP contribution in [0.25, 0.3) is 0 Å². The Bertz CT molecular complexity index is 106. The maximum atomic E-state index is 4.30. The molecule has 0 aliphatic carbocycles. The SMILES string of the molecule is CCC1CNCC1N(C)S. The molecule has 10 heavy (non-hydrogen) atoms. The van der Waals surface area contributed by atoms with Crippen molar-refractivity contribution >= 4 is 12.8 Å². The van der Waals surface area contributed by atoms with Gasteiger partial charge in [-0.25, -0.2) is 0 Å². The van der Waals surface area contributed by atoms with E-state index in [1.54, 1.807) is 0 Å². The van der Waals surface area contributed by atoms with E-state index < -0.39 is 0 Å². The molecule has 1 N–H and O–H groups in total. The highest BCUT2D eigenvalue weighted by Gasteiger charge is 2.27. The van der Waals surface area contributed by atoms with Crippen LogP contribution in [-0.2, 0) is 0 Å². The third kappa shape index (κ3) is 1.65. The maximum absolute atomic E-state index is 4.30. The Morgan fingerprint density at radius 2 is 2.30 bits per heavy atom. The van der Waals surface area contributed by atoms with E-state index in [9.17, 15) is 0 Å². The minimum Gasteiger partial charge on any atom is -0.315 e. The first-order chi connectivity index (χ1) is 4.75. The van der Waals surface area contributed by atoms with Gasteiger partial charge in [-0.05, 0) is 19.5 Å². The van der Waals surface area contributed by atoms with E-state index >= 15 is 0 Å². The Hall–Kier alpha value is 0.270. The van der Waals surface area contributed by atoms with E-state index in [4.69, 9.17) is 0 Å². The van der Waals surface area contributed by atoms with E-state index in [0.717, 1.165) is 19.0 Å². The van der Waals surface area contributed by atoms with Gasteiger partial charge < -0.3 is 5.32 Å². The minimum absolute atomic E-state index is 0.633. The normalized spacial score (nSPS) is 33.6. The fraction of sp³-hybridized carbons (Fsp3) is 1.00. The number of hydrogen-bond acceptors (Lipinski definition) is 3. The molecule has 1 aliphatic heterocycles. The number of hydrogen-bond donors (Lipinski definition) is 2. The molecule has 0 aromatic heterocycles. The predicted octanol–water partition coefficient (Wildman–Crippen LogP) is 0.761. The fourth-order valence-corrected chi connectivity index (χ4v) is 1.84. The smallest absolute Gasteiger partial charge is 0.0362 e. The van der Waals surface area contributed by atoms with Crippen molar-refractivity contribution in [2.45, 2.75) is 19.4 Å². The first-order valence-corrected chi connectivity index (χ1v) is 4.28. The molecule has 60 valence electrons. The molecular formula is C7H16N2S. The zero-order valence-electron chi connectivity index (χ0n) is 6.67. The summed E-state index contributed by atoms with van der Waals surface area (Å²) in [6.45, 7) is 4.49. The van der Waals surface area contributed by atoms with Gasteiger partial charge in [-0.3, -0.25) is 4.31 Å². The topological polar surface area (TPSA) is 15.3 Å². The van der Waals surface area contributed by atoms with E-state index in [1.807, 2.05) is 11.4 Å². The number of nitrogens with zero attached hydrogens (tertiary/aromatic N) is 1. The molecule has 0 bridgehead atoms. The first kappa shape index (κ1) is 8.37. The van der Waals surface area contributed by atoms with Crippen molar-refractivity contribution in [3.63, 3.8) is 0 Å². The van der Waals surface area contributed by atoms with Gasteiger partial charge in [0.15, 0.2) is 0 Å². The summed E-state index contributed by atoms with van der Waals surface area (Å²) < 4.78 is 2.02. The molecule has 1 rings (SSSR count). The monoisotopic (exact) mass is 160 g/mol. The second kappa shape index (κ2) is 3.60. The Labute approximate surface area is 68.5 Å². The molecule has 0 spiro atoms. The van der Waals surface area contributed by atoms with Gasteiger partial charge in [-0.15, -0.1) is 0 Å². The summed E-state index contributed by atoms with van der Waals surface area (Å²) >= 11 is 4.30. The Kier molecular flexibility index (Phi) is 3.01. The lowest BCUT2D eigenvalue weighted by Crippen LogP contribution is -2.31. The zero-order valence-corrected chi connectivity index (χ0v) is 7.56. The lowest BCUT2D eigenvalue weighted by atomic mass is 10.0. The van der Waals surface area contributed by atoms with Crippen LogP contribution in [-0.4, -0.2) is 30.5 Å². The second-order valence-electron chi connectivity index (χ2n) is 2.97. The van der Waals surface area contributed by atoms with Crippen molar-refractivity contribution in [3.05, 3.63) is 0 Å². The molecule has 0 amide bonds. The first-order valence-electron chi connectivity index (χ1n) is 3.88. The summed E-state index contributed by atoms with van der Waals surface area (Å²) in [7, 11) is 2.03. The third-order valence-corrected chi connectivity index (χ3v) is 2.61. The van der Waals surface area contributed by atoms with Crippen LogP contribution >= 0.6 is 12.8 Å². The van der Waals surface area contributed by atoms with Gasteiger partial charge in [-0.1, -0.05) is 26.2 Å². The van der Waals surface area contributed by atoms with Crippen LogP contribution in [0, 0.1) is 5.92 Å². The van der Waals surface area contributed by atoms with Crippen LogP contribution < -0.4 is 5.32 Å². The van der Waals surface area contributed by atoms with Crippen LogP contribution in [0.15, 0.2) is 0 Å². The summed E-state index contributed by atoms with van der Waals surface area (Å²) in [5, 5.41) is 3.36. The van der Waals surface area contributed by atoms with Gasteiger partial charge in [0.05, 0.1) is 0 Å². The van der Waals surface area contributed by atoms with Crippen LogP contribution in [0.5, 0.6) is 0 Å². The number of nitrogens with one attached hydrogen (secondary N) is 1. The predicted molar refractivity (Wildman–Crippen MR) is 47.2 cm³/mol. The molecule has 1 aliphatic rings. The van der Waals surface area contributed by atoms with E-state index in [2.05, 4.69) is 25.1 Å². The number of likely N-dealkylation sites (N-methyl/N-ethyl adjacent to an activating group) is 1. The molecule has 2 atom stereocenters. The van der Waals surface area contributed by atoms with Crippen LogP contribution in [0.1, 0.15) is 13.3 Å². The molecule has 0 radical (unpaired) electrons. The quantitative estimate of drug-likeness (QED) is 0.580. The Morgan fingerprint density at radius 3 is 2.70 bits per heavy atom. The highest BCUT2D eigenvalue weighted by Crippen LogP contribution is 2.18. The number of rotatable bonds is 2. The van der Waals surface area contributed by atoms with Gasteiger partial charge in [0, 0.05) is 12.6 Å². The van der Waals surface area contributed by atoms with Crippen LogP contribution in [0.4, 0.5) is 0 Å². The highest BCUT2D eigenvalue weighted by atomic mass is 32.1. The number of thiol groups is 1. The molecule has 2 unspecified atom stereocenters. The summed E-state index contributed by atoms with van der Waals surface area (Å²) in [6.07, 6.45) is 1.25. The van der Waals surface area contributed by atoms with E-state index in [0.29, 0.717) is 6.04 Å². The molecule has 1 heterocycles. The van der Waals surface area contributed by atoms with E-state index in [1.165, 1.54) is 6.42 Å². The molecule has 0 saturated carbocycles. The molecule has 3 heteroatoms. The average molecular weight is 160 g/mol. The molecule has 1 fully saturated rings. The molecule has 2 nitrogen and oxygen atoms in total. The third-order valence-electron chi connectivity index (χ3n) is 2.31. The zero-order chi connectivity index (χ0) is 7.56. The van der Waals surface area contributed by atoms with Crippen molar-refractivity contribution < 1.29 is 0 Å². The minimum atomic E-state index is 0.633. The molecule has 1 saturated heterocycles. The van der Waals surface area contributed by atoms with Crippen molar-refractivity contribution in [1.29, 1.82) is 0 Å². The second-order valence-corrected chi connectivity index (χ2v) is 3.60. The van der Waals surface area contributed by atoms with Gasteiger partial charge in [0.25, 0.3) is 0 Å². The van der Waals surface area contributed by atoms with Crippen LogP contribution in [0.2, 0.25) is 0 Å². The molecule has 0 aromatic rings.